The van der Waals surface area contributed by atoms with Gasteiger partial charge in [-0.05, 0) is 165 Å². The van der Waals surface area contributed by atoms with Gasteiger partial charge in [-0.15, -0.1) is 0 Å². The topological polar surface area (TPSA) is 27.7 Å². The van der Waals surface area contributed by atoms with E-state index in [4.69, 9.17) is 13.6 Å². The monoisotopic (exact) mass is 1250 g/mol. The first kappa shape index (κ1) is 75.2. The summed E-state index contributed by atoms with van der Waals surface area (Å²) in [5.74, 6) is 3.13. The van der Waals surface area contributed by atoms with Gasteiger partial charge in [0, 0.05) is 34.4 Å². The molecule has 0 fully saturated rings. The minimum Gasteiger partial charge on any atom is -0.408 e. The van der Waals surface area contributed by atoms with Gasteiger partial charge in [-0.2, -0.15) is 0 Å². The number of hydrogen-bond acceptors (Lipinski definition) is 3. The molecule has 0 spiro atoms. The number of benzene rings is 6. The predicted octanol–water partition coefficient (Wildman–Crippen LogP) is 28.2. The van der Waals surface area contributed by atoms with E-state index in [1.807, 2.05) is 0 Å². The van der Waals surface area contributed by atoms with Crippen LogP contribution in [0, 0.1) is 0 Å². The van der Waals surface area contributed by atoms with Gasteiger partial charge in [0.1, 0.15) is 17.2 Å². The molecule has 500 valence electrons. The Hall–Kier alpha value is -4.85. The van der Waals surface area contributed by atoms with Gasteiger partial charge < -0.3 is 13.6 Å². The summed E-state index contributed by atoms with van der Waals surface area (Å²) in [5, 5.41) is 0. The Kier molecular flexibility index (Phi) is 37.6. The number of para-hydroxylation sites is 3. The third-order valence-electron chi connectivity index (χ3n) is 19.7. The molecule has 0 bridgehead atoms. The highest BCUT2D eigenvalue weighted by Crippen LogP contribution is 2.51. The summed E-state index contributed by atoms with van der Waals surface area (Å²) in [6.07, 6.45) is 47.0. The van der Waals surface area contributed by atoms with Gasteiger partial charge in [0.15, 0.2) is 0 Å². The molecule has 0 aromatic heterocycles. The van der Waals surface area contributed by atoms with E-state index >= 15 is 0 Å². The van der Waals surface area contributed by atoms with E-state index in [0.717, 1.165) is 75.0 Å². The van der Waals surface area contributed by atoms with Crippen LogP contribution < -0.4 is 13.6 Å². The third-order valence-corrected chi connectivity index (χ3v) is 20.8. The van der Waals surface area contributed by atoms with Crippen LogP contribution in [-0.4, -0.2) is 0 Å². The van der Waals surface area contributed by atoms with E-state index in [1.165, 1.54) is 243 Å². The lowest BCUT2D eigenvalue weighted by atomic mass is 9.80. The lowest BCUT2D eigenvalue weighted by molar-refractivity contribution is 0.379. The second kappa shape index (κ2) is 45.5. The first-order valence-electron chi connectivity index (χ1n) is 38.3. The van der Waals surface area contributed by atoms with E-state index < -0.39 is 8.60 Å². The van der Waals surface area contributed by atoms with Crippen LogP contribution >= 0.6 is 8.60 Å². The zero-order valence-electron chi connectivity index (χ0n) is 59.6. The summed E-state index contributed by atoms with van der Waals surface area (Å²) in [6.45, 7) is 21.0. The maximum Gasteiger partial charge on any atom is 0.530 e. The zero-order valence-corrected chi connectivity index (χ0v) is 60.5. The molecule has 0 saturated heterocycles. The Morgan fingerprint density at radius 2 is 0.462 bits per heavy atom. The molecule has 6 aromatic rings. The molecule has 3 atom stereocenters. The van der Waals surface area contributed by atoms with Crippen molar-refractivity contribution in [3.05, 3.63) is 194 Å². The standard InChI is InChI=1S/C87H129O3P/c1-10-19-28-31-34-37-58-79(76-64-46-52-70(49-22-13-4)73(76)55-25-16-7)82-61-40-43-67-85(82)88-91(89-86-68-44-41-62-83(86)80(59-38-35-32-29-20-11-2)77-65-47-53-71(50-23-14-5)74(77)56-26-17-8)90-87-69-45-42-63-84(87)81(60-39-36-33-30-21-12-3)78-66-48-54-72(51-24-15-6)75(78)57-27-18-9/h40-48,52-54,61-69,79-81H,10-39,49-51,55-60H2,1-9H3. The average molecular weight is 1250 g/mol. The molecule has 0 aliphatic heterocycles. The number of hydrogen-bond donors (Lipinski definition) is 0. The van der Waals surface area contributed by atoms with Crippen molar-refractivity contribution in [1.82, 2.24) is 0 Å². The molecule has 0 saturated carbocycles. The molecule has 91 heavy (non-hydrogen) atoms. The largest absolute Gasteiger partial charge is 0.530 e. The SMILES string of the molecule is CCCCCCCCC(c1ccccc1OP(Oc1ccccc1C(CCCCCCCC)c1cccc(CCCC)c1CCCC)Oc1ccccc1C(CCCCCCCC)c1cccc(CCCC)c1CCCC)c1cccc(CCCC)c1CCCC. The van der Waals surface area contributed by atoms with Crippen molar-refractivity contribution >= 4 is 8.60 Å². The van der Waals surface area contributed by atoms with Crippen LogP contribution in [0.3, 0.4) is 0 Å². The van der Waals surface area contributed by atoms with Crippen LogP contribution in [0.4, 0.5) is 0 Å². The second-order valence-electron chi connectivity index (χ2n) is 27.0. The van der Waals surface area contributed by atoms with Crippen LogP contribution in [0.25, 0.3) is 0 Å². The van der Waals surface area contributed by atoms with E-state index in [1.54, 1.807) is 16.7 Å². The van der Waals surface area contributed by atoms with Crippen molar-refractivity contribution in [2.24, 2.45) is 0 Å². The molecular formula is C87H129O3P. The van der Waals surface area contributed by atoms with Crippen LogP contribution in [0.15, 0.2) is 127 Å². The van der Waals surface area contributed by atoms with E-state index in [2.05, 4.69) is 190 Å². The van der Waals surface area contributed by atoms with Gasteiger partial charge in [0.2, 0.25) is 0 Å². The molecule has 0 aliphatic carbocycles. The van der Waals surface area contributed by atoms with Crippen LogP contribution in [-0.2, 0) is 38.5 Å². The first-order valence-corrected chi connectivity index (χ1v) is 39.4. The average Bonchev–Trinajstić information content (AvgIpc) is 0.868. The molecule has 0 radical (unpaired) electrons. The predicted molar refractivity (Wildman–Crippen MR) is 399 cm³/mol. The van der Waals surface area contributed by atoms with Gasteiger partial charge in [-0.1, -0.05) is 326 Å². The molecule has 0 heterocycles. The van der Waals surface area contributed by atoms with Crippen LogP contribution in [0.1, 0.15) is 359 Å². The Balaban J connectivity index is 1.58. The highest BCUT2D eigenvalue weighted by Gasteiger charge is 2.32. The lowest BCUT2D eigenvalue weighted by Gasteiger charge is -2.29. The van der Waals surface area contributed by atoms with Gasteiger partial charge in [-0.3, -0.25) is 0 Å². The fourth-order valence-electron chi connectivity index (χ4n) is 14.4. The highest BCUT2D eigenvalue weighted by molar-refractivity contribution is 7.43. The Morgan fingerprint density at radius 1 is 0.231 bits per heavy atom. The summed E-state index contributed by atoms with van der Waals surface area (Å²) >= 11 is 0. The molecule has 0 N–H and O–H groups in total. The van der Waals surface area contributed by atoms with Gasteiger partial charge in [-0.25, -0.2) is 0 Å². The van der Waals surface area contributed by atoms with Gasteiger partial charge in [0.25, 0.3) is 0 Å². The number of unbranched alkanes of at least 4 members (excludes halogenated alkanes) is 21. The van der Waals surface area contributed by atoms with Crippen molar-refractivity contribution in [1.29, 1.82) is 0 Å². The summed E-state index contributed by atoms with van der Waals surface area (Å²) in [6, 6.07) is 49.0. The summed E-state index contributed by atoms with van der Waals surface area (Å²) < 4.78 is 23.4. The normalized spacial score (nSPS) is 12.9. The molecule has 3 unspecified atom stereocenters. The Labute approximate surface area is 560 Å². The molecule has 6 aromatic carbocycles. The molecule has 0 amide bonds. The minimum absolute atomic E-state index is 0.165. The van der Waals surface area contributed by atoms with E-state index in [9.17, 15) is 0 Å². The Bertz CT molecular complexity index is 2560. The lowest BCUT2D eigenvalue weighted by Crippen LogP contribution is -2.13. The highest BCUT2D eigenvalue weighted by atomic mass is 31.2. The van der Waals surface area contributed by atoms with Crippen molar-refractivity contribution in [2.45, 2.75) is 330 Å². The second-order valence-corrected chi connectivity index (χ2v) is 28.0. The van der Waals surface area contributed by atoms with Crippen molar-refractivity contribution < 1.29 is 13.6 Å². The van der Waals surface area contributed by atoms with E-state index in [-0.39, 0.29) is 17.8 Å². The van der Waals surface area contributed by atoms with Crippen molar-refractivity contribution in [3.63, 3.8) is 0 Å². The smallest absolute Gasteiger partial charge is 0.408 e. The fourth-order valence-corrected chi connectivity index (χ4v) is 15.5. The molecule has 0 aliphatic rings. The van der Waals surface area contributed by atoms with Gasteiger partial charge >= 0.3 is 8.60 Å². The van der Waals surface area contributed by atoms with Gasteiger partial charge in [0.05, 0.1) is 0 Å². The van der Waals surface area contributed by atoms with Crippen molar-refractivity contribution in [3.8, 4) is 17.2 Å². The molecule has 6 rings (SSSR count). The fraction of sp³-hybridized carbons (Fsp3) is 0.586. The summed E-state index contributed by atoms with van der Waals surface area (Å²) in [7, 11) is -2.08. The third kappa shape index (κ3) is 24.8. The molecular weight excluding hydrogens is 1120 g/mol. The van der Waals surface area contributed by atoms with Crippen molar-refractivity contribution in [2.75, 3.05) is 0 Å². The quantitative estimate of drug-likeness (QED) is 0.0281. The van der Waals surface area contributed by atoms with Crippen LogP contribution in [0.2, 0.25) is 0 Å². The molecule has 4 heteroatoms. The maximum absolute atomic E-state index is 7.79. The molecule has 3 nitrogen and oxygen atoms in total. The van der Waals surface area contributed by atoms with Crippen LogP contribution in [0.5, 0.6) is 17.2 Å². The first-order chi connectivity index (χ1) is 44.9. The van der Waals surface area contributed by atoms with E-state index in [0.29, 0.717) is 0 Å². The Morgan fingerprint density at radius 3 is 0.736 bits per heavy atom. The summed E-state index contributed by atoms with van der Waals surface area (Å²) in [5.41, 5.74) is 17.5. The summed E-state index contributed by atoms with van der Waals surface area (Å²) in [4.78, 5) is 0. The number of aryl methyl sites for hydroxylation is 3. The maximum atomic E-state index is 7.79. The zero-order chi connectivity index (χ0) is 64.5. The number of rotatable bonds is 51. The minimum atomic E-state index is -2.08.